The first-order valence-electron chi connectivity index (χ1n) is 7.36. The zero-order chi connectivity index (χ0) is 16.4. The first-order chi connectivity index (χ1) is 11.0. The van der Waals surface area contributed by atoms with Crippen LogP contribution in [0, 0.1) is 0 Å². The van der Waals surface area contributed by atoms with Crippen LogP contribution < -0.4 is 10.6 Å². The zero-order valence-electron chi connectivity index (χ0n) is 13.5. The minimum Gasteiger partial charge on any atom is -0.443 e. The minimum absolute atomic E-state index is 0.477. The van der Waals surface area contributed by atoms with E-state index in [1.807, 2.05) is 44.1 Å². The van der Waals surface area contributed by atoms with Gasteiger partial charge in [-0.1, -0.05) is 6.07 Å². The van der Waals surface area contributed by atoms with E-state index in [2.05, 4.69) is 19.9 Å². The summed E-state index contributed by atoms with van der Waals surface area (Å²) < 4.78 is 5.36. The summed E-state index contributed by atoms with van der Waals surface area (Å²) in [5, 5.41) is 0. The van der Waals surface area contributed by atoms with E-state index in [1.54, 1.807) is 6.20 Å². The summed E-state index contributed by atoms with van der Waals surface area (Å²) in [5.41, 5.74) is 8.60. The number of aliphatic imine (C=N–C) groups is 1. The fourth-order valence-corrected chi connectivity index (χ4v) is 2.44. The van der Waals surface area contributed by atoms with Gasteiger partial charge in [0.2, 0.25) is 5.89 Å². The lowest BCUT2D eigenvalue weighted by atomic mass is 10.2. The van der Waals surface area contributed by atoms with Crippen LogP contribution in [-0.2, 0) is 6.54 Å². The molecule has 2 aromatic rings. The number of amidine groups is 1. The third-order valence-corrected chi connectivity index (χ3v) is 3.66. The van der Waals surface area contributed by atoms with Crippen molar-refractivity contribution >= 4 is 17.4 Å². The molecule has 1 aliphatic rings. The Bertz CT molecular complexity index is 748. The highest BCUT2D eigenvalue weighted by atomic mass is 16.3. The maximum atomic E-state index is 5.99. The molecule has 120 valence electrons. The number of pyridine rings is 1. The van der Waals surface area contributed by atoms with Gasteiger partial charge in [-0.25, -0.2) is 15.0 Å². The number of nitrogens with two attached hydrogens (primary N) is 1. The Morgan fingerprint density at radius 3 is 2.87 bits per heavy atom. The molecule has 0 fully saturated rings. The average Bonchev–Trinajstić information content (AvgIpc) is 3.05. The SMILES string of the molecule is CC1=C(c2ncco2)N=C(N)CN1Cc1cccc(N(C)C)n1. The van der Waals surface area contributed by atoms with Crippen LogP contribution in [0.2, 0.25) is 0 Å². The molecule has 7 heteroatoms. The van der Waals surface area contributed by atoms with E-state index in [4.69, 9.17) is 10.2 Å². The van der Waals surface area contributed by atoms with Crippen LogP contribution in [0.4, 0.5) is 5.82 Å². The monoisotopic (exact) mass is 312 g/mol. The van der Waals surface area contributed by atoms with Gasteiger partial charge in [0.15, 0.2) is 0 Å². The molecule has 0 saturated carbocycles. The maximum Gasteiger partial charge on any atom is 0.246 e. The summed E-state index contributed by atoms with van der Waals surface area (Å²) >= 11 is 0. The van der Waals surface area contributed by atoms with E-state index in [-0.39, 0.29) is 0 Å². The predicted molar refractivity (Wildman–Crippen MR) is 89.7 cm³/mol. The molecule has 0 aliphatic carbocycles. The summed E-state index contributed by atoms with van der Waals surface area (Å²) in [4.78, 5) is 17.3. The number of rotatable bonds is 4. The van der Waals surface area contributed by atoms with E-state index in [1.165, 1.54) is 6.26 Å². The summed E-state index contributed by atoms with van der Waals surface area (Å²) in [6.07, 6.45) is 3.13. The first-order valence-corrected chi connectivity index (χ1v) is 7.36. The Morgan fingerprint density at radius 2 is 2.17 bits per heavy atom. The number of hydrogen-bond donors (Lipinski definition) is 1. The van der Waals surface area contributed by atoms with E-state index < -0.39 is 0 Å². The predicted octanol–water partition coefficient (Wildman–Crippen LogP) is 1.70. The summed E-state index contributed by atoms with van der Waals surface area (Å²) in [7, 11) is 3.95. The number of allylic oxidation sites excluding steroid dienone is 1. The maximum absolute atomic E-state index is 5.99. The van der Waals surface area contributed by atoms with Crippen molar-refractivity contribution < 1.29 is 4.42 Å². The minimum atomic E-state index is 0.477. The van der Waals surface area contributed by atoms with Crippen LogP contribution in [0.15, 0.2) is 45.8 Å². The molecule has 0 amide bonds. The van der Waals surface area contributed by atoms with Crippen LogP contribution in [0.1, 0.15) is 18.5 Å². The van der Waals surface area contributed by atoms with Crippen molar-refractivity contribution in [3.63, 3.8) is 0 Å². The molecule has 2 aromatic heterocycles. The van der Waals surface area contributed by atoms with E-state index >= 15 is 0 Å². The Hall–Kier alpha value is -2.83. The molecule has 0 saturated heterocycles. The van der Waals surface area contributed by atoms with Gasteiger partial charge in [-0.15, -0.1) is 0 Å². The molecule has 3 rings (SSSR count). The highest BCUT2D eigenvalue weighted by Gasteiger charge is 2.22. The molecule has 1 aliphatic heterocycles. The highest BCUT2D eigenvalue weighted by molar-refractivity contribution is 5.90. The molecule has 3 heterocycles. The standard InChI is InChI=1S/C16H20N6O/c1-11-15(16-18-7-8-23-16)20-13(17)10-22(11)9-12-5-4-6-14(19-12)21(2)3/h4-8H,9-10H2,1-3H3,(H2,17,20). The third kappa shape index (κ3) is 3.18. The van der Waals surface area contributed by atoms with Gasteiger partial charge in [-0.2, -0.15) is 0 Å². The van der Waals surface area contributed by atoms with Gasteiger partial charge in [0.1, 0.15) is 23.6 Å². The lowest BCUT2D eigenvalue weighted by molar-refractivity contribution is 0.373. The van der Waals surface area contributed by atoms with Gasteiger partial charge in [0.25, 0.3) is 0 Å². The third-order valence-electron chi connectivity index (χ3n) is 3.66. The Labute approximate surface area is 135 Å². The number of oxazole rings is 1. The normalized spacial score (nSPS) is 14.9. The average molecular weight is 312 g/mol. The number of nitrogens with zero attached hydrogens (tertiary/aromatic N) is 5. The fourth-order valence-electron chi connectivity index (χ4n) is 2.44. The Kier molecular flexibility index (Phi) is 4.01. The van der Waals surface area contributed by atoms with Crippen molar-refractivity contribution in [2.24, 2.45) is 10.7 Å². The second-order valence-electron chi connectivity index (χ2n) is 5.61. The van der Waals surface area contributed by atoms with Gasteiger partial charge < -0.3 is 20.0 Å². The summed E-state index contributed by atoms with van der Waals surface area (Å²) in [5.74, 6) is 1.94. The Morgan fingerprint density at radius 1 is 1.35 bits per heavy atom. The molecule has 0 bridgehead atoms. The second-order valence-corrected chi connectivity index (χ2v) is 5.61. The van der Waals surface area contributed by atoms with Crippen molar-refractivity contribution in [1.82, 2.24) is 14.9 Å². The fraction of sp³-hybridized carbons (Fsp3) is 0.312. The number of anilines is 1. The van der Waals surface area contributed by atoms with E-state index in [0.29, 0.717) is 30.5 Å². The lowest BCUT2D eigenvalue weighted by Gasteiger charge is -2.29. The van der Waals surface area contributed by atoms with Crippen molar-refractivity contribution in [1.29, 1.82) is 0 Å². The van der Waals surface area contributed by atoms with Crippen LogP contribution in [0.3, 0.4) is 0 Å². The van der Waals surface area contributed by atoms with Gasteiger partial charge in [-0.05, 0) is 19.1 Å². The number of aromatic nitrogens is 2. The molecular weight excluding hydrogens is 292 g/mol. The molecule has 0 aromatic carbocycles. The molecule has 0 atom stereocenters. The molecule has 7 nitrogen and oxygen atoms in total. The van der Waals surface area contributed by atoms with Crippen molar-refractivity contribution in [2.75, 3.05) is 25.5 Å². The molecule has 2 N–H and O–H groups in total. The Balaban J connectivity index is 1.88. The molecular formula is C16H20N6O. The summed E-state index contributed by atoms with van der Waals surface area (Å²) in [6.45, 7) is 3.20. The smallest absolute Gasteiger partial charge is 0.246 e. The van der Waals surface area contributed by atoms with Crippen molar-refractivity contribution in [3.8, 4) is 0 Å². The van der Waals surface area contributed by atoms with Crippen LogP contribution in [0.5, 0.6) is 0 Å². The van der Waals surface area contributed by atoms with Gasteiger partial charge in [-0.3, -0.25) is 0 Å². The molecule has 0 spiro atoms. The zero-order valence-corrected chi connectivity index (χ0v) is 13.5. The van der Waals surface area contributed by atoms with Crippen LogP contribution in [-0.4, -0.2) is 41.3 Å². The first kappa shape index (κ1) is 15.1. The van der Waals surface area contributed by atoms with Crippen molar-refractivity contribution in [2.45, 2.75) is 13.5 Å². The summed E-state index contributed by atoms with van der Waals surface area (Å²) in [6, 6.07) is 6.00. The van der Waals surface area contributed by atoms with E-state index in [9.17, 15) is 0 Å². The second kappa shape index (κ2) is 6.12. The highest BCUT2D eigenvalue weighted by Crippen LogP contribution is 2.25. The lowest BCUT2D eigenvalue weighted by Crippen LogP contribution is -2.36. The van der Waals surface area contributed by atoms with Crippen LogP contribution in [0.25, 0.3) is 5.70 Å². The topological polar surface area (TPSA) is 83.8 Å². The number of hydrogen-bond acceptors (Lipinski definition) is 7. The van der Waals surface area contributed by atoms with Gasteiger partial charge in [0, 0.05) is 19.8 Å². The van der Waals surface area contributed by atoms with Gasteiger partial charge in [0.05, 0.1) is 25.0 Å². The van der Waals surface area contributed by atoms with Gasteiger partial charge >= 0.3 is 0 Å². The molecule has 23 heavy (non-hydrogen) atoms. The molecule has 0 unspecified atom stereocenters. The van der Waals surface area contributed by atoms with E-state index in [0.717, 1.165) is 17.2 Å². The van der Waals surface area contributed by atoms with Crippen LogP contribution >= 0.6 is 0 Å². The van der Waals surface area contributed by atoms with Crippen molar-refractivity contribution in [3.05, 3.63) is 47.9 Å². The molecule has 0 radical (unpaired) electrons. The quantitative estimate of drug-likeness (QED) is 0.925. The largest absolute Gasteiger partial charge is 0.443 e.